The average molecular weight is 348 g/mol. The van der Waals surface area contributed by atoms with Crippen molar-refractivity contribution in [3.63, 3.8) is 0 Å². The Morgan fingerprint density at radius 1 is 1.13 bits per heavy atom. The summed E-state index contributed by atoms with van der Waals surface area (Å²) >= 11 is 0. The third-order valence-corrected chi connectivity index (χ3v) is 5.65. The minimum atomic E-state index is -3.13. The summed E-state index contributed by atoms with van der Waals surface area (Å²) < 4.78 is 25.2. The van der Waals surface area contributed by atoms with E-state index in [1.54, 1.807) is 14.0 Å². The Hall–Kier alpha value is -0.860. The van der Waals surface area contributed by atoms with Crippen molar-refractivity contribution in [3.8, 4) is 0 Å². The summed E-state index contributed by atoms with van der Waals surface area (Å²) in [5, 5.41) is 6.47. The Balaban J connectivity index is 2.33. The van der Waals surface area contributed by atoms with E-state index in [-0.39, 0.29) is 11.3 Å². The molecule has 0 bridgehead atoms. The van der Waals surface area contributed by atoms with Crippen molar-refractivity contribution in [2.45, 2.75) is 45.6 Å². The summed E-state index contributed by atoms with van der Waals surface area (Å²) in [5.41, 5.74) is 0.0713. The minimum absolute atomic E-state index is 0.0713. The molecule has 136 valence electrons. The van der Waals surface area contributed by atoms with Gasteiger partial charge in [-0.15, -0.1) is 0 Å². The lowest BCUT2D eigenvalue weighted by atomic mass is 9.98. The van der Waals surface area contributed by atoms with E-state index in [1.807, 2.05) is 0 Å². The Morgan fingerprint density at radius 2 is 1.78 bits per heavy atom. The Labute approximate surface area is 141 Å². The van der Waals surface area contributed by atoms with E-state index < -0.39 is 10.0 Å². The molecule has 3 N–H and O–H groups in total. The third kappa shape index (κ3) is 7.50. The molecule has 0 spiro atoms. The second kappa shape index (κ2) is 9.44. The van der Waals surface area contributed by atoms with Gasteiger partial charge >= 0.3 is 0 Å². The van der Waals surface area contributed by atoms with Crippen LogP contribution in [0.15, 0.2) is 4.99 Å². The molecule has 1 saturated heterocycles. The van der Waals surface area contributed by atoms with Gasteiger partial charge in [0.2, 0.25) is 10.0 Å². The van der Waals surface area contributed by atoms with E-state index in [1.165, 1.54) is 19.3 Å². The first-order valence-corrected chi connectivity index (χ1v) is 10.1. The lowest BCUT2D eigenvalue weighted by Gasteiger charge is -2.41. The van der Waals surface area contributed by atoms with Crippen LogP contribution in [-0.2, 0) is 10.0 Å². The Morgan fingerprint density at radius 3 is 2.35 bits per heavy atom. The molecule has 1 aliphatic rings. The number of rotatable bonds is 8. The van der Waals surface area contributed by atoms with E-state index in [4.69, 9.17) is 0 Å². The summed E-state index contributed by atoms with van der Waals surface area (Å²) in [7, 11) is -1.41. The van der Waals surface area contributed by atoms with Crippen molar-refractivity contribution < 1.29 is 8.42 Å². The molecule has 23 heavy (non-hydrogen) atoms. The van der Waals surface area contributed by atoms with E-state index in [2.05, 4.69) is 39.1 Å². The molecule has 1 aliphatic heterocycles. The molecular weight excluding hydrogens is 314 g/mol. The van der Waals surface area contributed by atoms with Crippen LogP contribution in [0.3, 0.4) is 0 Å². The van der Waals surface area contributed by atoms with Crippen LogP contribution in [0, 0.1) is 0 Å². The molecule has 0 atom stereocenters. The Bertz CT molecular complexity index is 470. The highest BCUT2D eigenvalue weighted by molar-refractivity contribution is 7.89. The van der Waals surface area contributed by atoms with Gasteiger partial charge in [0.05, 0.1) is 5.75 Å². The molecule has 0 aliphatic carbocycles. The first kappa shape index (κ1) is 20.2. The molecule has 0 aromatic carbocycles. The zero-order chi connectivity index (χ0) is 17.3. The topological polar surface area (TPSA) is 85.8 Å². The van der Waals surface area contributed by atoms with Gasteiger partial charge in [0, 0.05) is 32.2 Å². The maximum absolute atomic E-state index is 11.4. The number of sulfonamides is 1. The quantitative estimate of drug-likeness (QED) is 0.335. The highest BCUT2D eigenvalue weighted by Gasteiger charge is 2.27. The van der Waals surface area contributed by atoms with Crippen molar-refractivity contribution in [2.24, 2.45) is 4.99 Å². The van der Waals surface area contributed by atoms with Crippen LogP contribution in [-0.4, -0.2) is 70.3 Å². The minimum Gasteiger partial charge on any atom is -0.355 e. The molecule has 0 saturated carbocycles. The number of piperidine rings is 1. The van der Waals surface area contributed by atoms with Crippen molar-refractivity contribution in [1.82, 2.24) is 20.3 Å². The molecule has 8 heteroatoms. The highest BCUT2D eigenvalue weighted by atomic mass is 32.2. The zero-order valence-corrected chi connectivity index (χ0v) is 15.8. The number of nitrogens with zero attached hydrogens (tertiary/aromatic N) is 2. The second-order valence-corrected chi connectivity index (χ2v) is 8.61. The average Bonchev–Trinajstić information content (AvgIpc) is 2.55. The van der Waals surface area contributed by atoms with Gasteiger partial charge in [-0.1, -0.05) is 6.42 Å². The van der Waals surface area contributed by atoms with Crippen LogP contribution >= 0.6 is 0 Å². The van der Waals surface area contributed by atoms with Crippen LogP contribution in [0.25, 0.3) is 0 Å². The SMILES string of the molecule is CCS(=O)(=O)NCCNC(=NC)NCC(C)(C)N1CCCCC1. The molecule has 0 amide bonds. The monoisotopic (exact) mass is 347 g/mol. The van der Waals surface area contributed by atoms with E-state index in [0.29, 0.717) is 19.0 Å². The van der Waals surface area contributed by atoms with Gasteiger partial charge in [0.1, 0.15) is 0 Å². The fourth-order valence-corrected chi connectivity index (χ4v) is 3.24. The third-order valence-electron chi connectivity index (χ3n) is 4.24. The van der Waals surface area contributed by atoms with Crippen molar-refractivity contribution in [3.05, 3.63) is 0 Å². The lowest BCUT2D eigenvalue weighted by Crippen LogP contribution is -2.55. The maximum atomic E-state index is 11.4. The normalized spacial score (nSPS) is 18.0. The summed E-state index contributed by atoms with van der Waals surface area (Å²) in [6.07, 6.45) is 3.87. The predicted octanol–water partition coefficient (Wildman–Crippen LogP) is 0.355. The first-order valence-electron chi connectivity index (χ1n) is 8.47. The highest BCUT2D eigenvalue weighted by Crippen LogP contribution is 2.19. The number of hydrogen-bond acceptors (Lipinski definition) is 4. The summed E-state index contributed by atoms with van der Waals surface area (Å²) in [6, 6.07) is 0. The summed E-state index contributed by atoms with van der Waals surface area (Å²) in [6.45, 7) is 10.1. The van der Waals surface area contributed by atoms with Crippen LogP contribution in [0.2, 0.25) is 0 Å². The number of aliphatic imine (C=N–C) groups is 1. The fourth-order valence-electron chi connectivity index (χ4n) is 2.62. The first-order chi connectivity index (χ1) is 10.8. The van der Waals surface area contributed by atoms with E-state index in [0.717, 1.165) is 19.6 Å². The van der Waals surface area contributed by atoms with Crippen molar-refractivity contribution in [1.29, 1.82) is 0 Å². The lowest BCUT2D eigenvalue weighted by molar-refractivity contribution is 0.0982. The van der Waals surface area contributed by atoms with Crippen molar-refractivity contribution in [2.75, 3.05) is 45.5 Å². The van der Waals surface area contributed by atoms with Gasteiger partial charge in [-0.25, -0.2) is 13.1 Å². The van der Waals surface area contributed by atoms with Gasteiger partial charge < -0.3 is 10.6 Å². The molecule has 7 nitrogen and oxygen atoms in total. The van der Waals surface area contributed by atoms with Crippen LogP contribution in [0.4, 0.5) is 0 Å². The Kier molecular flexibility index (Phi) is 8.28. The fraction of sp³-hybridized carbons (Fsp3) is 0.933. The standard InChI is InChI=1S/C15H33N5O2S/c1-5-23(21,22)19-10-9-17-14(16-4)18-13-15(2,3)20-11-7-6-8-12-20/h19H,5-13H2,1-4H3,(H2,16,17,18). The number of hydrogen-bond donors (Lipinski definition) is 3. The molecule has 0 unspecified atom stereocenters. The largest absolute Gasteiger partial charge is 0.355 e. The number of nitrogens with one attached hydrogen (secondary N) is 3. The molecule has 0 aromatic heterocycles. The van der Waals surface area contributed by atoms with Crippen LogP contribution in [0.1, 0.15) is 40.0 Å². The number of guanidine groups is 1. The van der Waals surface area contributed by atoms with Gasteiger partial charge in [0.25, 0.3) is 0 Å². The molecule has 0 aromatic rings. The maximum Gasteiger partial charge on any atom is 0.211 e. The van der Waals surface area contributed by atoms with Crippen molar-refractivity contribution >= 4 is 16.0 Å². The van der Waals surface area contributed by atoms with E-state index in [9.17, 15) is 8.42 Å². The predicted molar refractivity (Wildman–Crippen MR) is 96.3 cm³/mol. The van der Waals surface area contributed by atoms with Gasteiger partial charge in [-0.05, 0) is 46.7 Å². The van der Waals surface area contributed by atoms with Gasteiger partial charge in [-0.3, -0.25) is 9.89 Å². The molecule has 1 heterocycles. The molecular formula is C15H33N5O2S. The smallest absolute Gasteiger partial charge is 0.211 e. The van der Waals surface area contributed by atoms with Crippen LogP contribution < -0.4 is 15.4 Å². The van der Waals surface area contributed by atoms with E-state index >= 15 is 0 Å². The zero-order valence-electron chi connectivity index (χ0n) is 15.0. The summed E-state index contributed by atoms with van der Waals surface area (Å²) in [4.78, 5) is 6.71. The van der Waals surface area contributed by atoms with Crippen LogP contribution in [0.5, 0.6) is 0 Å². The number of likely N-dealkylation sites (tertiary alicyclic amines) is 1. The second-order valence-electron chi connectivity index (χ2n) is 6.51. The summed E-state index contributed by atoms with van der Waals surface area (Å²) in [5.74, 6) is 0.801. The van der Waals surface area contributed by atoms with Gasteiger partial charge in [-0.2, -0.15) is 0 Å². The molecule has 1 rings (SSSR count). The van der Waals surface area contributed by atoms with Gasteiger partial charge in [0.15, 0.2) is 5.96 Å². The molecule has 1 fully saturated rings. The molecule has 0 radical (unpaired) electrons.